The second-order valence-electron chi connectivity index (χ2n) is 4.59. The van der Waals surface area contributed by atoms with E-state index in [4.69, 9.17) is 5.14 Å². The maximum absolute atomic E-state index is 14.1. The molecule has 7 heteroatoms. The molecule has 0 aromatic heterocycles. The Morgan fingerprint density at radius 3 is 2.74 bits per heavy atom. The molecule has 1 aromatic carbocycles. The maximum Gasteiger partial charge on any atom is 0.238 e. The molecular weight excluding hydrogens is 269 g/mol. The first-order chi connectivity index (χ1) is 8.93. The van der Waals surface area contributed by atoms with Crippen molar-refractivity contribution < 1.29 is 12.8 Å². The highest BCUT2D eigenvalue weighted by atomic mass is 32.2. The number of nitrogens with one attached hydrogen (secondary N) is 1. The molecule has 2 rings (SSSR count). The Morgan fingerprint density at radius 2 is 2.26 bits per heavy atom. The van der Waals surface area contributed by atoms with Crippen LogP contribution in [0.15, 0.2) is 23.1 Å². The zero-order chi connectivity index (χ0) is 14.0. The van der Waals surface area contributed by atoms with Crippen LogP contribution in [0.3, 0.4) is 0 Å². The number of primary sulfonamides is 1. The molecule has 1 atom stereocenters. The lowest BCUT2D eigenvalue weighted by Gasteiger charge is -2.29. The van der Waals surface area contributed by atoms with Crippen LogP contribution in [0.2, 0.25) is 0 Å². The van der Waals surface area contributed by atoms with E-state index >= 15 is 0 Å². The molecule has 1 heterocycles. The minimum Gasteiger partial charge on any atom is -0.365 e. The van der Waals surface area contributed by atoms with Crippen LogP contribution in [0.4, 0.5) is 10.1 Å². The second kappa shape index (κ2) is 5.44. The minimum absolute atomic E-state index is 0.200. The first-order valence-corrected chi connectivity index (χ1v) is 7.78. The number of anilines is 1. The van der Waals surface area contributed by atoms with Gasteiger partial charge in [0, 0.05) is 19.1 Å². The van der Waals surface area contributed by atoms with Crippen molar-refractivity contribution in [1.82, 2.24) is 5.32 Å². The van der Waals surface area contributed by atoms with Gasteiger partial charge in [-0.25, -0.2) is 17.9 Å². The molecule has 5 nitrogen and oxygen atoms in total. The third-order valence-corrected chi connectivity index (χ3v) is 4.28. The molecule has 3 N–H and O–H groups in total. The van der Waals surface area contributed by atoms with Gasteiger partial charge in [-0.05, 0) is 38.1 Å². The number of nitrogens with two attached hydrogens (primary N) is 1. The van der Waals surface area contributed by atoms with Crippen molar-refractivity contribution >= 4 is 15.7 Å². The first-order valence-electron chi connectivity index (χ1n) is 6.23. The third kappa shape index (κ3) is 3.05. The number of benzene rings is 1. The fourth-order valence-corrected chi connectivity index (χ4v) is 2.95. The molecular formula is C12H18FN3O2S. The van der Waals surface area contributed by atoms with E-state index in [9.17, 15) is 12.8 Å². The van der Waals surface area contributed by atoms with Gasteiger partial charge in [-0.2, -0.15) is 0 Å². The highest BCUT2D eigenvalue weighted by molar-refractivity contribution is 7.89. The predicted octanol–water partition coefficient (Wildman–Crippen LogP) is 0.661. The average molecular weight is 287 g/mol. The molecule has 106 valence electrons. The van der Waals surface area contributed by atoms with Gasteiger partial charge in [0.1, 0.15) is 5.82 Å². The van der Waals surface area contributed by atoms with Gasteiger partial charge in [-0.1, -0.05) is 0 Å². The molecule has 1 unspecified atom stereocenters. The fourth-order valence-electron chi connectivity index (χ4n) is 2.43. The van der Waals surface area contributed by atoms with Crippen molar-refractivity contribution in [3.05, 3.63) is 24.0 Å². The summed E-state index contributed by atoms with van der Waals surface area (Å²) < 4.78 is 36.4. The average Bonchev–Trinajstić information content (AvgIpc) is 2.84. The van der Waals surface area contributed by atoms with Gasteiger partial charge in [-0.15, -0.1) is 0 Å². The Bertz CT molecular complexity index is 556. The summed E-state index contributed by atoms with van der Waals surface area (Å²) in [5.74, 6) is -0.555. The molecule has 0 bridgehead atoms. The summed E-state index contributed by atoms with van der Waals surface area (Å²) in [6, 6.07) is 4.05. The molecule has 0 spiro atoms. The van der Waals surface area contributed by atoms with Crippen molar-refractivity contribution in [3.63, 3.8) is 0 Å². The maximum atomic E-state index is 14.1. The standard InChI is InChI=1S/C12H18FN3O2S/c1-2-16(9-5-6-15-8-9)12-4-3-10(7-11(12)13)19(14,17)18/h3-4,7,9,15H,2,5-6,8H2,1H3,(H2,14,17,18). The van der Waals surface area contributed by atoms with Gasteiger partial charge in [0.15, 0.2) is 0 Å². The molecule has 0 amide bonds. The van der Waals surface area contributed by atoms with Gasteiger partial charge in [0.2, 0.25) is 10.0 Å². The number of likely N-dealkylation sites (N-methyl/N-ethyl adjacent to an activating group) is 1. The van der Waals surface area contributed by atoms with Crippen molar-refractivity contribution in [2.75, 3.05) is 24.5 Å². The molecule has 1 fully saturated rings. The number of hydrogen-bond donors (Lipinski definition) is 2. The largest absolute Gasteiger partial charge is 0.365 e. The fraction of sp³-hybridized carbons (Fsp3) is 0.500. The minimum atomic E-state index is -3.86. The highest BCUT2D eigenvalue weighted by Gasteiger charge is 2.24. The van der Waals surface area contributed by atoms with Gasteiger partial charge < -0.3 is 10.2 Å². The molecule has 0 aliphatic carbocycles. The molecule has 1 aromatic rings. The molecule has 1 aliphatic rings. The van der Waals surface area contributed by atoms with Gasteiger partial charge in [-0.3, -0.25) is 0 Å². The Labute approximate surface area is 112 Å². The van der Waals surface area contributed by atoms with E-state index in [1.807, 2.05) is 11.8 Å². The number of sulfonamides is 1. The lowest BCUT2D eigenvalue weighted by molar-refractivity contribution is 0.581. The Morgan fingerprint density at radius 1 is 1.53 bits per heavy atom. The zero-order valence-electron chi connectivity index (χ0n) is 10.8. The van der Waals surface area contributed by atoms with E-state index in [2.05, 4.69) is 5.32 Å². The van der Waals surface area contributed by atoms with Crippen LogP contribution in [0.1, 0.15) is 13.3 Å². The number of nitrogens with zero attached hydrogens (tertiary/aromatic N) is 1. The second-order valence-corrected chi connectivity index (χ2v) is 6.15. The van der Waals surface area contributed by atoms with Crippen molar-refractivity contribution in [2.24, 2.45) is 5.14 Å². The zero-order valence-corrected chi connectivity index (χ0v) is 11.6. The molecule has 1 saturated heterocycles. The van der Waals surface area contributed by atoms with Crippen LogP contribution in [0, 0.1) is 5.82 Å². The topological polar surface area (TPSA) is 75.4 Å². The van der Waals surface area contributed by atoms with Gasteiger partial charge in [0.25, 0.3) is 0 Å². The Kier molecular flexibility index (Phi) is 4.07. The van der Waals surface area contributed by atoms with Crippen molar-refractivity contribution in [1.29, 1.82) is 0 Å². The molecule has 1 aliphatic heterocycles. The summed E-state index contributed by atoms with van der Waals surface area (Å²) in [4.78, 5) is 1.75. The quantitative estimate of drug-likeness (QED) is 0.853. The van der Waals surface area contributed by atoms with E-state index in [1.54, 1.807) is 0 Å². The lowest BCUT2D eigenvalue weighted by Crippen LogP contribution is -2.37. The normalized spacial score (nSPS) is 19.6. The van der Waals surface area contributed by atoms with E-state index in [1.165, 1.54) is 12.1 Å². The van der Waals surface area contributed by atoms with Crippen LogP contribution < -0.4 is 15.4 Å². The summed E-state index contributed by atoms with van der Waals surface area (Å²) >= 11 is 0. The molecule has 0 radical (unpaired) electrons. The smallest absolute Gasteiger partial charge is 0.238 e. The Balaban J connectivity index is 2.33. The van der Waals surface area contributed by atoms with Crippen LogP contribution >= 0.6 is 0 Å². The predicted molar refractivity (Wildman–Crippen MR) is 72.1 cm³/mol. The summed E-state index contributed by atoms with van der Waals surface area (Å²) in [7, 11) is -3.86. The van der Waals surface area contributed by atoms with E-state index in [0.29, 0.717) is 12.2 Å². The first kappa shape index (κ1) is 14.2. The lowest BCUT2D eigenvalue weighted by atomic mass is 10.2. The number of rotatable bonds is 4. The van der Waals surface area contributed by atoms with E-state index in [-0.39, 0.29) is 10.9 Å². The van der Waals surface area contributed by atoms with Crippen molar-refractivity contribution in [2.45, 2.75) is 24.3 Å². The highest BCUT2D eigenvalue weighted by Crippen LogP contribution is 2.25. The molecule has 19 heavy (non-hydrogen) atoms. The van der Waals surface area contributed by atoms with E-state index < -0.39 is 15.8 Å². The van der Waals surface area contributed by atoms with E-state index in [0.717, 1.165) is 25.6 Å². The SMILES string of the molecule is CCN(c1ccc(S(N)(=O)=O)cc1F)C1CCNC1. The summed E-state index contributed by atoms with van der Waals surface area (Å²) in [5, 5.41) is 8.22. The summed E-state index contributed by atoms with van der Waals surface area (Å²) in [6.07, 6.45) is 0.949. The van der Waals surface area contributed by atoms with Gasteiger partial charge in [0.05, 0.1) is 10.6 Å². The Hall–Kier alpha value is -1.18. The monoisotopic (exact) mass is 287 g/mol. The third-order valence-electron chi connectivity index (χ3n) is 3.37. The summed E-state index contributed by atoms with van der Waals surface area (Å²) in [5.41, 5.74) is 0.420. The van der Waals surface area contributed by atoms with Crippen LogP contribution in [0.25, 0.3) is 0 Å². The van der Waals surface area contributed by atoms with Crippen LogP contribution in [0.5, 0.6) is 0 Å². The van der Waals surface area contributed by atoms with Crippen LogP contribution in [-0.2, 0) is 10.0 Å². The number of halogens is 1. The van der Waals surface area contributed by atoms with Crippen molar-refractivity contribution in [3.8, 4) is 0 Å². The molecule has 0 saturated carbocycles. The van der Waals surface area contributed by atoms with Gasteiger partial charge >= 0.3 is 0 Å². The number of hydrogen-bond acceptors (Lipinski definition) is 4. The van der Waals surface area contributed by atoms with Crippen LogP contribution in [-0.4, -0.2) is 34.1 Å². The summed E-state index contributed by atoms with van der Waals surface area (Å²) in [6.45, 7) is 4.34.